The standard InChI is InChI=1S/C11H13BN2O2/c1-15-11(16-2)7-14-10-4-3-9(12)5-8(10)6-13-14/h3-6,11H,7H2,1-2H3. The zero-order valence-corrected chi connectivity index (χ0v) is 9.38. The number of hydrogen-bond acceptors (Lipinski definition) is 3. The topological polar surface area (TPSA) is 36.3 Å². The van der Waals surface area contributed by atoms with Crippen LogP contribution >= 0.6 is 0 Å². The van der Waals surface area contributed by atoms with Gasteiger partial charge in [0.1, 0.15) is 7.85 Å². The van der Waals surface area contributed by atoms with Crippen molar-refractivity contribution in [3.63, 3.8) is 0 Å². The van der Waals surface area contributed by atoms with E-state index in [4.69, 9.17) is 17.3 Å². The Bertz CT molecular complexity index is 480. The number of methoxy groups -OCH3 is 2. The van der Waals surface area contributed by atoms with Crippen molar-refractivity contribution in [2.75, 3.05) is 14.2 Å². The lowest BCUT2D eigenvalue weighted by molar-refractivity contribution is -0.111. The molecule has 1 heterocycles. The lowest BCUT2D eigenvalue weighted by Gasteiger charge is -2.13. The van der Waals surface area contributed by atoms with Crippen molar-refractivity contribution in [3.05, 3.63) is 24.4 Å². The number of benzene rings is 1. The summed E-state index contributed by atoms with van der Waals surface area (Å²) in [6, 6.07) is 5.70. The Morgan fingerprint density at radius 3 is 2.81 bits per heavy atom. The molecule has 0 amide bonds. The molecule has 0 saturated heterocycles. The van der Waals surface area contributed by atoms with E-state index < -0.39 is 0 Å². The number of aromatic nitrogens is 2. The molecular weight excluding hydrogens is 203 g/mol. The van der Waals surface area contributed by atoms with Crippen molar-refractivity contribution in [3.8, 4) is 0 Å². The van der Waals surface area contributed by atoms with E-state index in [0.29, 0.717) is 6.54 Å². The molecule has 0 bridgehead atoms. The monoisotopic (exact) mass is 216 g/mol. The smallest absolute Gasteiger partial charge is 0.176 e. The number of rotatable bonds is 4. The van der Waals surface area contributed by atoms with Gasteiger partial charge < -0.3 is 9.47 Å². The van der Waals surface area contributed by atoms with Gasteiger partial charge >= 0.3 is 0 Å². The third-order valence-electron chi connectivity index (χ3n) is 2.51. The molecule has 1 aromatic carbocycles. The van der Waals surface area contributed by atoms with Crippen LogP contribution < -0.4 is 5.46 Å². The van der Waals surface area contributed by atoms with Crippen LogP contribution in [0.1, 0.15) is 0 Å². The second-order valence-corrected chi connectivity index (χ2v) is 3.55. The van der Waals surface area contributed by atoms with Crippen molar-refractivity contribution < 1.29 is 9.47 Å². The molecule has 0 aliphatic rings. The number of nitrogens with zero attached hydrogens (tertiary/aromatic N) is 2. The fourth-order valence-corrected chi connectivity index (χ4v) is 1.64. The molecule has 0 atom stereocenters. The predicted molar refractivity (Wildman–Crippen MR) is 62.9 cm³/mol. The van der Waals surface area contributed by atoms with E-state index >= 15 is 0 Å². The summed E-state index contributed by atoms with van der Waals surface area (Å²) in [6.07, 6.45) is 1.49. The fraction of sp³-hybridized carbons (Fsp3) is 0.364. The van der Waals surface area contributed by atoms with Crippen molar-refractivity contribution >= 4 is 24.2 Å². The third kappa shape index (κ3) is 2.10. The van der Waals surface area contributed by atoms with Gasteiger partial charge in [0.05, 0.1) is 18.3 Å². The fourth-order valence-electron chi connectivity index (χ4n) is 1.64. The summed E-state index contributed by atoms with van der Waals surface area (Å²) in [5.41, 5.74) is 1.76. The van der Waals surface area contributed by atoms with E-state index in [1.54, 1.807) is 20.4 Å². The Morgan fingerprint density at radius 1 is 1.38 bits per heavy atom. The van der Waals surface area contributed by atoms with Gasteiger partial charge in [0.15, 0.2) is 6.29 Å². The lowest BCUT2D eigenvalue weighted by atomic mass is 9.95. The third-order valence-corrected chi connectivity index (χ3v) is 2.51. The quantitative estimate of drug-likeness (QED) is 0.549. The normalized spacial score (nSPS) is 11.4. The molecule has 0 fully saturated rings. The maximum absolute atomic E-state index is 5.70. The van der Waals surface area contributed by atoms with Crippen molar-refractivity contribution in [2.45, 2.75) is 12.8 Å². The van der Waals surface area contributed by atoms with Crippen molar-refractivity contribution in [1.29, 1.82) is 0 Å². The average molecular weight is 216 g/mol. The highest BCUT2D eigenvalue weighted by atomic mass is 16.7. The molecule has 2 rings (SSSR count). The predicted octanol–water partition coefficient (Wildman–Crippen LogP) is 0.449. The minimum Gasteiger partial charge on any atom is -0.354 e. The zero-order chi connectivity index (χ0) is 11.5. The molecule has 4 nitrogen and oxygen atoms in total. The molecule has 16 heavy (non-hydrogen) atoms. The highest BCUT2D eigenvalue weighted by Gasteiger charge is 2.09. The molecule has 0 aliphatic carbocycles. The van der Waals surface area contributed by atoms with E-state index in [2.05, 4.69) is 5.10 Å². The average Bonchev–Trinajstić information content (AvgIpc) is 2.68. The van der Waals surface area contributed by atoms with Crippen LogP contribution in [0.3, 0.4) is 0 Å². The summed E-state index contributed by atoms with van der Waals surface area (Å²) in [7, 11) is 8.92. The van der Waals surface area contributed by atoms with Crippen molar-refractivity contribution in [1.82, 2.24) is 9.78 Å². The van der Waals surface area contributed by atoms with Crippen molar-refractivity contribution in [2.24, 2.45) is 0 Å². The molecule has 1 aromatic heterocycles. The SMILES string of the molecule is [B]c1ccc2c(cnn2CC(OC)OC)c1. The van der Waals surface area contributed by atoms with Crippen LogP contribution in [0.4, 0.5) is 0 Å². The molecule has 82 valence electrons. The van der Waals surface area contributed by atoms with Crippen LogP contribution in [0.15, 0.2) is 24.4 Å². The van der Waals surface area contributed by atoms with Gasteiger partial charge in [-0.25, -0.2) is 0 Å². The zero-order valence-electron chi connectivity index (χ0n) is 9.38. The van der Waals surface area contributed by atoms with E-state index in [1.165, 1.54) is 0 Å². The van der Waals surface area contributed by atoms with E-state index in [9.17, 15) is 0 Å². The summed E-state index contributed by atoms with van der Waals surface area (Å²) in [6.45, 7) is 0.556. The molecule has 2 radical (unpaired) electrons. The molecule has 0 saturated carbocycles. The van der Waals surface area contributed by atoms with Gasteiger partial charge in [-0.05, 0) is 6.07 Å². The highest BCUT2D eigenvalue weighted by molar-refractivity contribution is 6.33. The summed E-state index contributed by atoms with van der Waals surface area (Å²) in [4.78, 5) is 0. The van der Waals surface area contributed by atoms with Gasteiger partial charge in [0.2, 0.25) is 0 Å². The minimum atomic E-state index is -0.291. The van der Waals surface area contributed by atoms with E-state index in [1.807, 2.05) is 22.9 Å². The maximum Gasteiger partial charge on any atom is 0.176 e. The van der Waals surface area contributed by atoms with E-state index in [-0.39, 0.29) is 6.29 Å². The molecule has 5 heteroatoms. The van der Waals surface area contributed by atoms with Crippen LogP contribution in [0.2, 0.25) is 0 Å². The molecule has 0 spiro atoms. The van der Waals surface area contributed by atoms with Gasteiger partial charge in [0, 0.05) is 19.6 Å². The summed E-state index contributed by atoms with van der Waals surface area (Å²) in [5, 5.41) is 5.29. The molecule has 0 aliphatic heterocycles. The van der Waals surface area contributed by atoms with Gasteiger partial charge in [-0.15, -0.1) is 0 Å². The van der Waals surface area contributed by atoms with Gasteiger partial charge in [-0.1, -0.05) is 17.6 Å². The summed E-state index contributed by atoms with van der Waals surface area (Å²) < 4.78 is 12.1. The van der Waals surface area contributed by atoms with Gasteiger partial charge in [-0.2, -0.15) is 5.10 Å². The van der Waals surface area contributed by atoms with Crippen LogP contribution in [-0.2, 0) is 16.0 Å². The van der Waals surface area contributed by atoms with Gasteiger partial charge in [-0.3, -0.25) is 4.68 Å². The summed E-state index contributed by atoms with van der Waals surface area (Å²) in [5.74, 6) is 0. The minimum absolute atomic E-state index is 0.291. The van der Waals surface area contributed by atoms with Crippen LogP contribution in [0.25, 0.3) is 10.9 Å². The van der Waals surface area contributed by atoms with Crippen LogP contribution in [0.5, 0.6) is 0 Å². The Labute approximate surface area is 95.6 Å². The number of hydrogen-bond donors (Lipinski definition) is 0. The second-order valence-electron chi connectivity index (χ2n) is 3.55. The molecular formula is C11H13BN2O2. The maximum atomic E-state index is 5.70. The second kappa shape index (κ2) is 4.68. The lowest BCUT2D eigenvalue weighted by Crippen LogP contribution is -2.21. The largest absolute Gasteiger partial charge is 0.354 e. The molecule has 0 unspecified atom stereocenters. The first-order chi connectivity index (χ1) is 7.74. The highest BCUT2D eigenvalue weighted by Crippen LogP contribution is 2.12. The Hall–Kier alpha value is -1.33. The first-order valence-corrected chi connectivity index (χ1v) is 5.01. The summed E-state index contributed by atoms with van der Waals surface area (Å²) >= 11 is 0. The molecule has 0 N–H and O–H groups in total. The van der Waals surface area contributed by atoms with Gasteiger partial charge in [0.25, 0.3) is 0 Å². The first kappa shape index (κ1) is 11.2. The Balaban J connectivity index is 2.31. The Kier molecular flexibility index (Phi) is 3.26. The first-order valence-electron chi connectivity index (χ1n) is 5.01. The van der Waals surface area contributed by atoms with Crippen LogP contribution in [0, 0.1) is 0 Å². The number of ether oxygens (including phenoxy) is 2. The Morgan fingerprint density at radius 2 is 2.12 bits per heavy atom. The molecule has 2 aromatic rings. The number of fused-ring (bicyclic) bond motifs is 1. The van der Waals surface area contributed by atoms with Crippen LogP contribution in [-0.4, -0.2) is 38.1 Å². The van der Waals surface area contributed by atoms with E-state index in [0.717, 1.165) is 16.4 Å².